The summed E-state index contributed by atoms with van der Waals surface area (Å²) in [6, 6.07) is 0. The maximum absolute atomic E-state index is 10.2. The minimum absolute atomic E-state index is 0.163. The Bertz CT molecular complexity index is 173. The van der Waals surface area contributed by atoms with Gasteiger partial charge in [-0.1, -0.05) is 57.6 Å². The zero-order valence-electron chi connectivity index (χ0n) is 9.87. The van der Waals surface area contributed by atoms with Crippen LogP contribution >= 0.6 is 0 Å². The van der Waals surface area contributed by atoms with Crippen LogP contribution < -0.4 is 0 Å². The molecule has 2 nitrogen and oxygen atoms in total. The molecule has 0 saturated heterocycles. The van der Waals surface area contributed by atoms with Crippen molar-refractivity contribution in [2.24, 2.45) is 0 Å². The van der Waals surface area contributed by atoms with Crippen molar-refractivity contribution in [3.05, 3.63) is 12.2 Å². The second kappa shape index (κ2) is 11.3. The normalized spacial score (nSPS) is 11.0. The maximum Gasteiger partial charge on any atom is 0.307 e. The molecular formula is C13H24O2. The monoisotopic (exact) mass is 212 g/mol. The van der Waals surface area contributed by atoms with E-state index >= 15 is 0 Å². The molecule has 0 unspecified atom stereocenters. The van der Waals surface area contributed by atoms with Gasteiger partial charge in [0.15, 0.2) is 0 Å². The molecule has 0 aromatic rings. The van der Waals surface area contributed by atoms with Crippen molar-refractivity contribution in [1.29, 1.82) is 0 Å². The molecule has 0 aromatic carbocycles. The topological polar surface area (TPSA) is 37.3 Å². The highest BCUT2D eigenvalue weighted by atomic mass is 16.4. The Balaban J connectivity index is 3.04. The highest BCUT2D eigenvalue weighted by Gasteiger charge is 1.90. The molecule has 0 aliphatic carbocycles. The van der Waals surface area contributed by atoms with Gasteiger partial charge >= 0.3 is 5.97 Å². The molecule has 0 saturated carbocycles. The molecule has 2 heteroatoms. The van der Waals surface area contributed by atoms with Crippen LogP contribution in [0.4, 0.5) is 0 Å². The molecule has 88 valence electrons. The highest BCUT2D eigenvalue weighted by molar-refractivity contribution is 5.68. The summed E-state index contributed by atoms with van der Waals surface area (Å²) in [7, 11) is 0. The second-order valence-corrected chi connectivity index (χ2v) is 3.98. The molecule has 0 bridgehead atoms. The van der Waals surface area contributed by atoms with Gasteiger partial charge < -0.3 is 5.11 Å². The molecule has 0 fully saturated rings. The lowest BCUT2D eigenvalue weighted by Gasteiger charge is -1.98. The summed E-state index contributed by atoms with van der Waals surface area (Å²) < 4.78 is 0. The van der Waals surface area contributed by atoms with Crippen molar-refractivity contribution in [2.75, 3.05) is 0 Å². The summed E-state index contributed by atoms with van der Waals surface area (Å²) in [5.41, 5.74) is 0. The molecule has 0 rings (SSSR count). The van der Waals surface area contributed by atoms with E-state index in [1.54, 1.807) is 6.08 Å². The van der Waals surface area contributed by atoms with Crippen LogP contribution in [0.2, 0.25) is 0 Å². The van der Waals surface area contributed by atoms with Crippen LogP contribution in [0.5, 0.6) is 0 Å². The fourth-order valence-electron chi connectivity index (χ4n) is 1.52. The molecule has 0 aromatic heterocycles. The van der Waals surface area contributed by atoms with Gasteiger partial charge in [-0.3, -0.25) is 4.79 Å². The van der Waals surface area contributed by atoms with Gasteiger partial charge in [-0.05, 0) is 12.8 Å². The molecule has 0 amide bonds. The van der Waals surface area contributed by atoms with E-state index in [2.05, 4.69) is 6.92 Å². The van der Waals surface area contributed by atoms with Crippen LogP contribution in [0, 0.1) is 0 Å². The van der Waals surface area contributed by atoms with E-state index in [1.165, 1.54) is 44.9 Å². The lowest BCUT2D eigenvalue weighted by atomic mass is 10.1. The molecule has 15 heavy (non-hydrogen) atoms. The van der Waals surface area contributed by atoms with E-state index in [0.29, 0.717) is 0 Å². The van der Waals surface area contributed by atoms with E-state index in [1.807, 2.05) is 6.08 Å². The van der Waals surface area contributed by atoms with E-state index in [0.717, 1.165) is 6.42 Å². The molecule has 0 aliphatic heterocycles. The Labute approximate surface area is 93.4 Å². The molecule has 0 heterocycles. The summed E-state index contributed by atoms with van der Waals surface area (Å²) in [6.45, 7) is 2.23. The van der Waals surface area contributed by atoms with Gasteiger partial charge in [0.25, 0.3) is 0 Å². The van der Waals surface area contributed by atoms with Crippen molar-refractivity contribution >= 4 is 5.97 Å². The number of carboxylic acids is 1. The third kappa shape index (κ3) is 13.2. The summed E-state index contributed by atoms with van der Waals surface area (Å²) in [5, 5.41) is 8.39. The van der Waals surface area contributed by atoms with Gasteiger partial charge in [-0.15, -0.1) is 0 Å². The van der Waals surface area contributed by atoms with Crippen LogP contribution in [-0.4, -0.2) is 11.1 Å². The first-order valence-corrected chi connectivity index (χ1v) is 6.14. The highest BCUT2D eigenvalue weighted by Crippen LogP contribution is 2.08. The first kappa shape index (κ1) is 14.2. The Morgan fingerprint density at radius 2 is 1.60 bits per heavy atom. The van der Waals surface area contributed by atoms with Crippen molar-refractivity contribution in [3.8, 4) is 0 Å². The van der Waals surface area contributed by atoms with Crippen molar-refractivity contribution < 1.29 is 9.90 Å². The van der Waals surface area contributed by atoms with Crippen molar-refractivity contribution in [1.82, 2.24) is 0 Å². The van der Waals surface area contributed by atoms with Crippen molar-refractivity contribution in [3.63, 3.8) is 0 Å². The summed E-state index contributed by atoms with van der Waals surface area (Å²) in [5.74, 6) is -0.745. The minimum atomic E-state index is -0.745. The maximum atomic E-state index is 10.2. The van der Waals surface area contributed by atoms with Gasteiger partial charge in [0.1, 0.15) is 0 Å². The Morgan fingerprint density at radius 3 is 2.20 bits per heavy atom. The number of allylic oxidation sites excluding steroid dienone is 1. The quantitative estimate of drug-likeness (QED) is 0.436. The first-order valence-electron chi connectivity index (χ1n) is 6.14. The number of aliphatic carboxylic acids is 1. The number of hydrogen-bond acceptors (Lipinski definition) is 1. The van der Waals surface area contributed by atoms with Crippen LogP contribution in [0.1, 0.15) is 64.7 Å². The first-order chi connectivity index (χ1) is 7.27. The minimum Gasteiger partial charge on any atom is -0.481 e. The van der Waals surface area contributed by atoms with E-state index in [4.69, 9.17) is 5.11 Å². The standard InChI is InChI=1S/C13H24O2/c1-2-3-4-5-6-7-8-9-10-11-12-13(14)15/h10-11H,2-9,12H2,1H3,(H,14,15)/b11-10-. The number of hydrogen-bond donors (Lipinski definition) is 1. The third-order valence-corrected chi connectivity index (χ3v) is 2.43. The number of unbranched alkanes of at least 4 members (excludes halogenated alkanes) is 7. The van der Waals surface area contributed by atoms with Gasteiger partial charge in [0.2, 0.25) is 0 Å². The summed E-state index contributed by atoms with van der Waals surface area (Å²) >= 11 is 0. The van der Waals surface area contributed by atoms with E-state index in [-0.39, 0.29) is 6.42 Å². The van der Waals surface area contributed by atoms with Crippen LogP contribution in [0.3, 0.4) is 0 Å². The number of rotatable bonds is 10. The molecule has 0 spiro atoms. The second-order valence-electron chi connectivity index (χ2n) is 3.98. The van der Waals surface area contributed by atoms with Crippen molar-refractivity contribution in [2.45, 2.75) is 64.7 Å². The van der Waals surface area contributed by atoms with Crippen LogP contribution in [0.15, 0.2) is 12.2 Å². The molecular weight excluding hydrogens is 188 g/mol. The number of carbonyl (C=O) groups is 1. The van der Waals surface area contributed by atoms with E-state index < -0.39 is 5.97 Å². The predicted octanol–water partition coefficient (Wildman–Crippen LogP) is 4.16. The SMILES string of the molecule is CCCCCCCCC/C=C\CC(=O)O. The Hall–Kier alpha value is -0.790. The molecule has 0 radical (unpaired) electrons. The lowest BCUT2D eigenvalue weighted by molar-refractivity contribution is -0.136. The largest absolute Gasteiger partial charge is 0.481 e. The smallest absolute Gasteiger partial charge is 0.307 e. The summed E-state index contributed by atoms with van der Waals surface area (Å²) in [6.07, 6.45) is 14.1. The Kier molecular flexibility index (Phi) is 10.7. The molecule has 0 aliphatic rings. The average molecular weight is 212 g/mol. The van der Waals surface area contributed by atoms with E-state index in [9.17, 15) is 4.79 Å². The average Bonchev–Trinajstić information content (AvgIpc) is 2.20. The molecule has 1 N–H and O–H groups in total. The third-order valence-electron chi connectivity index (χ3n) is 2.43. The fourth-order valence-corrected chi connectivity index (χ4v) is 1.52. The van der Waals surface area contributed by atoms with Gasteiger partial charge in [-0.2, -0.15) is 0 Å². The zero-order valence-corrected chi connectivity index (χ0v) is 9.87. The molecule has 0 atom stereocenters. The van der Waals surface area contributed by atoms with Gasteiger partial charge in [0.05, 0.1) is 6.42 Å². The van der Waals surface area contributed by atoms with Gasteiger partial charge in [0, 0.05) is 0 Å². The lowest BCUT2D eigenvalue weighted by Crippen LogP contribution is -1.89. The Morgan fingerprint density at radius 1 is 1.00 bits per heavy atom. The number of carboxylic acid groups (broad SMARTS) is 1. The fraction of sp³-hybridized carbons (Fsp3) is 0.769. The zero-order chi connectivity index (χ0) is 11.4. The summed E-state index contributed by atoms with van der Waals surface area (Å²) in [4.78, 5) is 10.2. The van der Waals surface area contributed by atoms with Crippen LogP contribution in [0.25, 0.3) is 0 Å². The predicted molar refractivity (Wildman–Crippen MR) is 64.0 cm³/mol. The van der Waals surface area contributed by atoms with Crippen LogP contribution in [-0.2, 0) is 4.79 Å². The van der Waals surface area contributed by atoms with Gasteiger partial charge in [-0.25, -0.2) is 0 Å².